The smallest absolute Gasteiger partial charge is 0.255 e. The molecule has 5 nitrogen and oxygen atoms in total. The first-order chi connectivity index (χ1) is 16.5. The molecule has 1 aliphatic rings. The summed E-state index contributed by atoms with van der Waals surface area (Å²) in [5, 5.41) is 0. The van der Waals surface area contributed by atoms with Gasteiger partial charge in [0, 0.05) is 36.7 Å². The highest BCUT2D eigenvalue weighted by molar-refractivity contribution is 7.91. The first-order valence-electron chi connectivity index (χ1n) is 11.4. The Balaban J connectivity index is 1.50. The van der Waals surface area contributed by atoms with Gasteiger partial charge in [0.25, 0.3) is 5.56 Å². The van der Waals surface area contributed by atoms with Gasteiger partial charge in [-0.15, -0.1) is 0 Å². The van der Waals surface area contributed by atoms with Gasteiger partial charge >= 0.3 is 0 Å². The van der Waals surface area contributed by atoms with Gasteiger partial charge < -0.3 is 4.90 Å². The lowest BCUT2D eigenvalue weighted by molar-refractivity contribution is 0.515. The zero-order valence-corrected chi connectivity index (χ0v) is 19.6. The molecule has 3 aromatic carbocycles. The molecule has 1 unspecified atom stereocenters. The van der Waals surface area contributed by atoms with Crippen molar-refractivity contribution in [2.75, 3.05) is 17.2 Å². The molecule has 0 radical (unpaired) electrons. The Morgan fingerprint density at radius 3 is 2.26 bits per heavy atom. The zero-order valence-electron chi connectivity index (χ0n) is 18.7. The number of rotatable bonds is 6. The van der Waals surface area contributed by atoms with Crippen LogP contribution in [0.4, 0.5) is 5.69 Å². The summed E-state index contributed by atoms with van der Waals surface area (Å²) < 4.78 is 27.9. The lowest BCUT2D eigenvalue weighted by atomic mass is 9.92. The summed E-state index contributed by atoms with van der Waals surface area (Å²) >= 11 is 0. The molecule has 1 aliphatic heterocycles. The molecule has 0 saturated carbocycles. The molecule has 0 N–H and O–H groups in total. The van der Waals surface area contributed by atoms with Gasteiger partial charge in [-0.05, 0) is 59.9 Å². The molecule has 2 heterocycles. The molecule has 34 heavy (non-hydrogen) atoms. The fourth-order valence-electron chi connectivity index (χ4n) is 4.72. The monoisotopic (exact) mass is 470 g/mol. The maximum Gasteiger partial charge on any atom is 0.255 e. The van der Waals surface area contributed by atoms with Gasteiger partial charge in [0.1, 0.15) is 0 Å². The third kappa shape index (κ3) is 4.68. The highest BCUT2D eigenvalue weighted by Crippen LogP contribution is 2.33. The van der Waals surface area contributed by atoms with Gasteiger partial charge in [-0.2, -0.15) is 0 Å². The fraction of sp³-hybridized carbons (Fsp3) is 0.179. The van der Waals surface area contributed by atoms with Crippen molar-refractivity contribution in [2.24, 2.45) is 5.92 Å². The van der Waals surface area contributed by atoms with Crippen LogP contribution in [-0.4, -0.2) is 25.3 Å². The van der Waals surface area contributed by atoms with Crippen molar-refractivity contribution in [3.63, 3.8) is 0 Å². The highest BCUT2D eigenvalue weighted by atomic mass is 32.2. The second-order valence-corrected chi connectivity index (χ2v) is 10.8. The normalized spacial score (nSPS) is 15.6. The topological polar surface area (TPSA) is 59.4 Å². The molecule has 0 fully saturated rings. The molecule has 1 atom stereocenters. The maximum absolute atomic E-state index is 13.1. The van der Waals surface area contributed by atoms with Gasteiger partial charge in [-0.25, -0.2) is 8.42 Å². The lowest BCUT2D eigenvalue weighted by Gasteiger charge is -2.36. The van der Waals surface area contributed by atoms with Crippen LogP contribution in [0.3, 0.4) is 0 Å². The first kappa shape index (κ1) is 22.2. The quantitative estimate of drug-likeness (QED) is 0.417. The van der Waals surface area contributed by atoms with Crippen LogP contribution < -0.4 is 10.5 Å². The molecule has 0 amide bonds. The molecule has 0 spiro atoms. The Morgan fingerprint density at radius 1 is 0.824 bits per heavy atom. The average Bonchev–Trinajstić information content (AvgIpc) is 2.85. The van der Waals surface area contributed by atoms with Crippen molar-refractivity contribution in [1.82, 2.24) is 4.57 Å². The Morgan fingerprint density at radius 2 is 1.53 bits per heavy atom. The van der Waals surface area contributed by atoms with Gasteiger partial charge in [0.2, 0.25) is 0 Å². The molecule has 5 rings (SSSR count). The minimum Gasteiger partial charge on any atom is -0.367 e. The van der Waals surface area contributed by atoms with Crippen LogP contribution in [0.25, 0.3) is 5.69 Å². The highest BCUT2D eigenvalue weighted by Gasteiger charge is 2.29. The van der Waals surface area contributed by atoms with E-state index >= 15 is 0 Å². The fourth-order valence-corrected chi connectivity index (χ4v) is 6.33. The summed E-state index contributed by atoms with van der Waals surface area (Å²) in [4.78, 5) is 15.0. The van der Waals surface area contributed by atoms with Gasteiger partial charge in [0.15, 0.2) is 9.84 Å². The summed E-state index contributed by atoms with van der Waals surface area (Å²) in [6, 6.07) is 30.0. The average molecular weight is 471 g/mol. The largest absolute Gasteiger partial charge is 0.367 e. The lowest BCUT2D eigenvalue weighted by Crippen LogP contribution is -2.38. The van der Waals surface area contributed by atoms with Crippen LogP contribution in [-0.2, 0) is 22.8 Å². The third-order valence-electron chi connectivity index (χ3n) is 6.27. The van der Waals surface area contributed by atoms with Crippen LogP contribution in [0.5, 0.6) is 0 Å². The van der Waals surface area contributed by atoms with Crippen molar-refractivity contribution >= 4 is 15.5 Å². The van der Waals surface area contributed by atoms with Crippen LogP contribution >= 0.6 is 0 Å². The zero-order chi connectivity index (χ0) is 23.5. The summed E-state index contributed by atoms with van der Waals surface area (Å²) in [5.41, 5.74) is 4.01. The summed E-state index contributed by atoms with van der Waals surface area (Å²) in [7, 11) is -3.41. The van der Waals surface area contributed by atoms with Crippen molar-refractivity contribution in [3.05, 3.63) is 125 Å². The molecule has 0 aliphatic carbocycles. The molecule has 4 aromatic rings. The standard InChI is InChI=1S/C28H26N2O3S/c31-28-13-7-8-16-30(28)25-14-15-27-24(18-25)17-23(20-29(27)19-22-9-3-1-4-10-22)21-34(32,33)26-11-5-2-6-12-26/h1-16,18,23H,17,19-21H2. The van der Waals surface area contributed by atoms with E-state index in [0.29, 0.717) is 24.4 Å². The van der Waals surface area contributed by atoms with E-state index in [-0.39, 0.29) is 17.2 Å². The van der Waals surface area contributed by atoms with Gasteiger partial charge in [-0.3, -0.25) is 9.36 Å². The number of aromatic nitrogens is 1. The Hall–Kier alpha value is -3.64. The minimum absolute atomic E-state index is 0.0656. The van der Waals surface area contributed by atoms with E-state index in [4.69, 9.17) is 0 Å². The van der Waals surface area contributed by atoms with Crippen molar-refractivity contribution in [2.45, 2.75) is 17.9 Å². The number of pyridine rings is 1. The molecule has 1 aromatic heterocycles. The van der Waals surface area contributed by atoms with Crippen LogP contribution in [0.2, 0.25) is 0 Å². The third-order valence-corrected chi connectivity index (χ3v) is 8.17. The van der Waals surface area contributed by atoms with Crippen LogP contribution in [0.1, 0.15) is 11.1 Å². The maximum atomic E-state index is 13.1. The van der Waals surface area contributed by atoms with E-state index in [2.05, 4.69) is 23.1 Å². The van der Waals surface area contributed by atoms with Crippen LogP contribution in [0, 0.1) is 5.92 Å². The number of anilines is 1. The summed E-state index contributed by atoms with van der Waals surface area (Å²) in [6.07, 6.45) is 2.40. The first-order valence-corrected chi connectivity index (χ1v) is 13.0. The number of hydrogen-bond donors (Lipinski definition) is 0. The van der Waals surface area contributed by atoms with Crippen LogP contribution in [0.15, 0.2) is 113 Å². The number of hydrogen-bond acceptors (Lipinski definition) is 4. The number of sulfone groups is 1. The van der Waals surface area contributed by atoms with E-state index in [1.807, 2.05) is 42.5 Å². The van der Waals surface area contributed by atoms with Crippen molar-refractivity contribution in [3.8, 4) is 5.69 Å². The number of nitrogens with zero attached hydrogens (tertiary/aromatic N) is 2. The minimum atomic E-state index is -3.41. The Labute approximate surface area is 199 Å². The summed E-state index contributed by atoms with van der Waals surface area (Å²) in [5.74, 6) is 0.0150. The molecular formula is C28H26N2O3S. The molecule has 0 bridgehead atoms. The van der Waals surface area contributed by atoms with Crippen molar-refractivity contribution in [1.29, 1.82) is 0 Å². The number of fused-ring (bicyclic) bond motifs is 1. The van der Waals surface area contributed by atoms with Gasteiger partial charge in [0.05, 0.1) is 10.6 Å². The van der Waals surface area contributed by atoms with E-state index < -0.39 is 9.84 Å². The van der Waals surface area contributed by atoms with E-state index in [0.717, 1.165) is 16.9 Å². The second-order valence-electron chi connectivity index (χ2n) is 8.75. The van der Waals surface area contributed by atoms with E-state index in [9.17, 15) is 13.2 Å². The Bertz CT molecular complexity index is 1450. The summed E-state index contributed by atoms with van der Waals surface area (Å²) in [6.45, 7) is 1.35. The molecule has 6 heteroatoms. The molecule has 172 valence electrons. The Kier molecular flexibility index (Phi) is 6.07. The van der Waals surface area contributed by atoms with E-state index in [1.54, 1.807) is 41.1 Å². The molecular weight excluding hydrogens is 444 g/mol. The van der Waals surface area contributed by atoms with Gasteiger partial charge in [-0.1, -0.05) is 54.6 Å². The predicted octanol–water partition coefficient (Wildman–Crippen LogP) is 4.49. The molecule has 0 saturated heterocycles. The number of benzene rings is 3. The SMILES string of the molecule is O=c1ccccn1-c1ccc2c(c1)CC(CS(=O)(=O)c1ccccc1)CN2Cc1ccccc1. The second kappa shape index (κ2) is 9.31. The predicted molar refractivity (Wildman–Crippen MR) is 135 cm³/mol. The van der Waals surface area contributed by atoms with Crippen molar-refractivity contribution < 1.29 is 8.42 Å². The van der Waals surface area contributed by atoms with E-state index in [1.165, 1.54) is 11.6 Å².